The van der Waals surface area contributed by atoms with Gasteiger partial charge in [-0.2, -0.15) is 0 Å². The van der Waals surface area contributed by atoms with E-state index in [1.54, 1.807) is 0 Å². The smallest absolute Gasteiger partial charge is 0.324 e. The van der Waals surface area contributed by atoms with Gasteiger partial charge in [0.15, 0.2) is 5.78 Å². The summed E-state index contributed by atoms with van der Waals surface area (Å²) >= 11 is 0. The SMILES string of the molecule is CC(C)(C)OC(=O)[C@H]1N[C@@H](c2ccccc2)[C@]2(CCCc3ccccc3C2=O)[C@@H]1c1ccccc1. The zero-order valence-corrected chi connectivity index (χ0v) is 20.7. The molecule has 0 saturated carbocycles. The largest absolute Gasteiger partial charge is 0.459 e. The number of ketones is 1. The van der Waals surface area contributed by atoms with E-state index < -0.39 is 17.1 Å². The van der Waals surface area contributed by atoms with Crippen LogP contribution in [-0.2, 0) is 16.0 Å². The van der Waals surface area contributed by atoms with E-state index in [1.165, 1.54) is 0 Å². The summed E-state index contributed by atoms with van der Waals surface area (Å²) < 4.78 is 5.91. The van der Waals surface area contributed by atoms with Crippen molar-refractivity contribution in [3.05, 3.63) is 107 Å². The maximum Gasteiger partial charge on any atom is 0.324 e. The number of Topliss-reactive ketones (excluding diaryl/α,β-unsaturated/α-hetero) is 1. The third kappa shape index (κ3) is 4.21. The minimum atomic E-state index is -0.823. The van der Waals surface area contributed by atoms with Crippen LogP contribution in [0.1, 0.15) is 72.6 Å². The molecule has 5 rings (SSSR count). The van der Waals surface area contributed by atoms with E-state index in [1.807, 2.05) is 87.5 Å². The molecule has 3 aromatic carbocycles. The molecule has 4 nitrogen and oxygen atoms in total. The normalized spacial score (nSPS) is 26.3. The van der Waals surface area contributed by atoms with Gasteiger partial charge in [0.2, 0.25) is 0 Å². The minimum absolute atomic E-state index is 0.117. The Morgan fingerprint density at radius 3 is 2.14 bits per heavy atom. The fourth-order valence-corrected chi connectivity index (χ4v) is 6.13. The number of hydrogen-bond acceptors (Lipinski definition) is 4. The Labute approximate surface area is 207 Å². The zero-order chi connectivity index (χ0) is 24.6. The molecule has 4 atom stereocenters. The molecule has 1 spiro atoms. The standard InChI is InChI=1S/C31H33NO3/c1-30(2,3)35-29(34)26-25(22-14-6-4-7-15-22)31(27(32-26)23-16-8-5-9-17-23)20-12-18-21-13-10-11-19-24(21)28(31)33/h4-11,13-17,19,25-27,32H,12,18,20H2,1-3H3/t25-,26+,27+,31+/m1/s1. The van der Waals surface area contributed by atoms with Gasteiger partial charge in [-0.3, -0.25) is 14.9 Å². The lowest BCUT2D eigenvalue weighted by Gasteiger charge is -2.39. The maximum atomic E-state index is 14.7. The first-order valence-electron chi connectivity index (χ1n) is 12.5. The minimum Gasteiger partial charge on any atom is -0.459 e. The molecule has 1 aliphatic carbocycles. The fourth-order valence-electron chi connectivity index (χ4n) is 6.13. The summed E-state index contributed by atoms with van der Waals surface area (Å²) in [5.74, 6) is -0.552. The highest BCUT2D eigenvalue weighted by Gasteiger charge is 2.62. The number of benzene rings is 3. The quantitative estimate of drug-likeness (QED) is 0.478. The van der Waals surface area contributed by atoms with Gasteiger partial charge >= 0.3 is 5.97 Å². The van der Waals surface area contributed by atoms with E-state index in [-0.39, 0.29) is 23.7 Å². The lowest BCUT2D eigenvalue weighted by atomic mass is 9.61. The van der Waals surface area contributed by atoms with Gasteiger partial charge in [-0.25, -0.2) is 0 Å². The molecule has 1 N–H and O–H groups in total. The summed E-state index contributed by atoms with van der Waals surface area (Å²) in [6, 6.07) is 27.1. The highest BCUT2D eigenvalue weighted by atomic mass is 16.6. The molecular weight excluding hydrogens is 434 g/mol. The molecular formula is C31H33NO3. The second kappa shape index (κ2) is 9.09. The summed E-state index contributed by atoms with van der Waals surface area (Å²) in [7, 11) is 0. The van der Waals surface area contributed by atoms with E-state index in [4.69, 9.17) is 4.74 Å². The van der Waals surface area contributed by atoms with Gasteiger partial charge in [-0.05, 0) is 56.7 Å². The van der Waals surface area contributed by atoms with Crippen LogP contribution in [-0.4, -0.2) is 23.4 Å². The lowest BCUT2D eigenvalue weighted by molar-refractivity contribution is -0.157. The summed E-state index contributed by atoms with van der Waals surface area (Å²) in [6.07, 6.45) is 2.41. The first kappa shape index (κ1) is 23.5. The average Bonchev–Trinajstić information content (AvgIpc) is 3.12. The number of carbonyl (C=O) groups is 2. The van der Waals surface area contributed by atoms with Crippen molar-refractivity contribution in [2.24, 2.45) is 5.41 Å². The first-order valence-corrected chi connectivity index (χ1v) is 12.5. The molecule has 0 aromatic heterocycles. The van der Waals surface area contributed by atoms with Crippen LogP contribution in [0.3, 0.4) is 0 Å². The summed E-state index contributed by atoms with van der Waals surface area (Å²) in [6.45, 7) is 5.65. The molecule has 1 aliphatic heterocycles. The predicted molar refractivity (Wildman–Crippen MR) is 137 cm³/mol. The van der Waals surface area contributed by atoms with Crippen molar-refractivity contribution in [2.45, 2.75) is 63.6 Å². The topological polar surface area (TPSA) is 55.4 Å². The van der Waals surface area contributed by atoms with Gasteiger partial charge in [0, 0.05) is 17.5 Å². The zero-order valence-electron chi connectivity index (χ0n) is 20.7. The Morgan fingerprint density at radius 2 is 1.49 bits per heavy atom. The van der Waals surface area contributed by atoms with E-state index >= 15 is 0 Å². The van der Waals surface area contributed by atoms with Gasteiger partial charge in [-0.15, -0.1) is 0 Å². The molecule has 180 valence electrons. The number of esters is 1. The Bertz CT molecular complexity index is 1210. The second-order valence-corrected chi connectivity index (χ2v) is 10.8. The Morgan fingerprint density at radius 1 is 0.886 bits per heavy atom. The molecule has 0 radical (unpaired) electrons. The van der Waals surface area contributed by atoms with Crippen LogP contribution < -0.4 is 5.32 Å². The predicted octanol–water partition coefficient (Wildman–Crippen LogP) is 6.03. The molecule has 0 amide bonds. The number of hydrogen-bond donors (Lipinski definition) is 1. The van der Waals surface area contributed by atoms with Crippen molar-refractivity contribution < 1.29 is 14.3 Å². The van der Waals surface area contributed by atoms with Gasteiger partial charge in [0.1, 0.15) is 11.6 Å². The van der Waals surface area contributed by atoms with Crippen molar-refractivity contribution >= 4 is 11.8 Å². The van der Waals surface area contributed by atoms with E-state index in [9.17, 15) is 9.59 Å². The van der Waals surface area contributed by atoms with Crippen molar-refractivity contribution in [2.75, 3.05) is 0 Å². The van der Waals surface area contributed by atoms with Crippen molar-refractivity contribution in [3.8, 4) is 0 Å². The highest BCUT2D eigenvalue weighted by molar-refractivity contribution is 6.04. The van der Waals surface area contributed by atoms with Gasteiger partial charge < -0.3 is 4.74 Å². The molecule has 0 bridgehead atoms. The molecule has 1 saturated heterocycles. The summed E-state index contributed by atoms with van der Waals surface area (Å²) in [5.41, 5.74) is 2.43. The maximum absolute atomic E-state index is 14.7. The van der Waals surface area contributed by atoms with E-state index in [0.717, 1.165) is 35.1 Å². The summed E-state index contributed by atoms with van der Waals surface area (Å²) in [5, 5.41) is 3.63. The van der Waals surface area contributed by atoms with Crippen LogP contribution in [0.5, 0.6) is 0 Å². The number of aryl methyl sites for hydroxylation is 1. The first-order chi connectivity index (χ1) is 16.8. The Balaban J connectivity index is 1.74. The van der Waals surface area contributed by atoms with E-state index in [2.05, 4.69) is 23.5 Å². The molecule has 3 aromatic rings. The lowest BCUT2D eigenvalue weighted by Crippen LogP contribution is -2.42. The third-order valence-corrected chi connectivity index (χ3v) is 7.42. The van der Waals surface area contributed by atoms with Crippen LogP contribution in [0.4, 0.5) is 0 Å². The van der Waals surface area contributed by atoms with Crippen LogP contribution in [0.15, 0.2) is 84.9 Å². The molecule has 1 fully saturated rings. The van der Waals surface area contributed by atoms with Gasteiger partial charge in [0.05, 0.1) is 5.41 Å². The number of carbonyl (C=O) groups excluding carboxylic acids is 2. The van der Waals surface area contributed by atoms with Crippen LogP contribution in [0.2, 0.25) is 0 Å². The third-order valence-electron chi connectivity index (χ3n) is 7.42. The second-order valence-electron chi connectivity index (χ2n) is 10.8. The number of fused-ring (bicyclic) bond motifs is 1. The average molecular weight is 468 g/mol. The number of ether oxygens (including phenoxy) is 1. The molecule has 0 unspecified atom stereocenters. The summed E-state index contributed by atoms with van der Waals surface area (Å²) in [4.78, 5) is 28.4. The van der Waals surface area contributed by atoms with Crippen molar-refractivity contribution in [1.82, 2.24) is 5.32 Å². The van der Waals surface area contributed by atoms with Gasteiger partial charge in [0.25, 0.3) is 0 Å². The van der Waals surface area contributed by atoms with Crippen LogP contribution in [0.25, 0.3) is 0 Å². The molecule has 4 heteroatoms. The van der Waals surface area contributed by atoms with Crippen LogP contribution >= 0.6 is 0 Å². The Kier molecular flexibility index (Phi) is 6.10. The van der Waals surface area contributed by atoms with E-state index in [0.29, 0.717) is 6.42 Å². The molecule has 1 heterocycles. The molecule has 2 aliphatic rings. The molecule has 35 heavy (non-hydrogen) atoms. The highest BCUT2D eigenvalue weighted by Crippen LogP contribution is 2.58. The van der Waals surface area contributed by atoms with Crippen molar-refractivity contribution in [3.63, 3.8) is 0 Å². The van der Waals surface area contributed by atoms with Crippen molar-refractivity contribution in [1.29, 1.82) is 0 Å². The van der Waals surface area contributed by atoms with Crippen LogP contribution in [0, 0.1) is 5.41 Å². The monoisotopic (exact) mass is 467 g/mol. The van der Waals surface area contributed by atoms with Gasteiger partial charge in [-0.1, -0.05) is 84.9 Å². The number of nitrogens with one attached hydrogen (secondary N) is 1. The number of rotatable bonds is 3. The Hall–Kier alpha value is -3.24. The fraction of sp³-hybridized carbons (Fsp3) is 0.355.